The van der Waals surface area contributed by atoms with Crippen molar-refractivity contribution < 1.29 is 9.59 Å². The van der Waals surface area contributed by atoms with E-state index in [-0.39, 0.29) is 11.9 Å². The number of nitrogens with two attached hydrogens (primary N) is 1. The van der Waals surface area contributed by atoms with E-state index in [0.29, 0.717) is 10.6 Å². The summed E-state index contributed by atoms with van der Waals surface area (Å²) >= 11 is 1.50. The molecule has 1 aromatic carbocycles. The molecule has 0 bridgehead atoms. The van der Waals surface area contributed by atoms with Crippen molar-refractivity contribution >= 4 is 33.8 Å². The molecular weight excluding hydrogens is 334 g/mol. The molecule has 5 nitrogen and oxygen atoms in total. The van der Waals surface area contributed by atoms with Crippen LogP contribution in [0.15, 0.2) is 24.3 Å². The Balaban J connectivity index is 1.56. The van der Waals surface area contributed by atoms with E-state index in [4.69, 9.17) is 5.73 Å². The first kappa shape index (κ1) is 16.1. The normalized spacial score (nSPS) is 16.4. The average Bonchev–Trinajstić information content (AvgIpc) is 3.27. The number of primary amides is 1. The first-order valence-corrected chi connectivity index (χ1v) is 9.47. The van der Waals surface area contributed by atoms with Crippen LogP contribution >= 0.6 is 11.3 Å². The molecule has 3 N–H and O–H groups in total. The minimum atomic E-state index is -0.450. The number of fused-ring (bicyclic) bond motifs is 2. The van der Waals surface area contributed by atoms with E-state index in [1.54, 1.807) is 0 Å². The Kier molecular flexibility index (Phi) is 4.00. The number of carbonyl (C=O) groups is 2. The van der Waals surface area contributed by atoms with Gasteiger partial charge < -0.3 is 16.0 Å². The summed E-state index contributed by atoms with van der Waals surface area (Å²) in [7, 11) is 0. The maximum absolute atomic E-state index is 12.8. The molecular formula is C19H21N3O2S. The molecule has 1 aliphatic heterocycles. The number of nitrogens with zero attached hydrogens (tertiary/aromatic N) is 1. The maximum atomic E-state index is 12.8. The van der Waals surface area contributed by atoms with Gasteiger partial charge in [0.05, 0.1) is 5.56 Å². The molecule has 0 saturated heterocycles. The molecule has 1 unspecified atom stereocenters. The smallest absolute Gasteiger partial charge is 0.251 e. The van der Waals surface area contributed by atoms with Crippen molar-refractivity contribution in [3.63, 3.8) is 0 Å². The zero-order valence-corrected chi connectivity index (χ0v) is 15.0. The fourth-order valence-electron chi connectivity index (χ4n) is 3.88. The highest BCUT2D eigenvalue weighted by Crippen LogP contribution is 2.39. The third kappa shape index (κ3) is 2.70. The molecule has 0 saturated carbocycles. The Bertz CT molecular complexity index is 858. The lowest BCUT2D eigenvalue weighted by molar-refractivity contribution is -0.117. The van der Waals surface area contributed by atoms with E-state index in [1.165, 1.54) is 21.8 Å². The molecule has 130 valence electrons. The number of hydrogen-bond donors (Lipinski definition) is 2. The second kappa shape index (κ2) is 6.19. The van der Waals surface area contributed by atoms with Crippen molar-refractivity contribution in [3.05, 3.63) is 45.8 Å². The quantitative estimate of drug-likeness (QED) is 0.885. The summed E-state index contributed by atoms with van der Waals surface area (Å²) in [6, 6.07) is 7.88. The van der Waals surface area contributed by atoms with Crippen molar-refractivity contribution in [1.82, 2.24) is 0 Å². The van der Waals surface area contributed by atoms with Gasteiger partial charge in [-0.2, -0.15) is 0 Å². The van der Waals surface area contributed by atoms with Crippen LogP contribution in [-0.2, 0) is 24.1 Å². The molecule has 4 rings (SSSR count). The Morgan fingerprint density at radius 2 is 2.04 bits per heavy atom. The number of thiophene rings is 1. The first-order valence-electron chi connectivity index (χ1n) is 8.66. The fourth-order valence-corrected chi connectivity index (χ4v) is 5.17. The van der Waals surface area contributed by atoms with Gasteiger partial charge in [-0.1, -0.05) is 18.2 Å². The van der Waals surface area contributed by atoms with Gasteiger partial charge in [-0.05, 0) is 49.8 Å². The Hall–Kier alpha value is -2.34. The maximum Gasteiger partial charge on any atom is 0.251 e. The zero-order valence-electron chi connectivity index (χ0n) is 14.2. The van der Waals surface area contributed by atoms with Crippen LogP contribution in [0, 0.1) is 0 Å². The highest BCUT2D eigenvalue weighted by atomic mass is 32.1. The van der Waals surface area contributed by atoms with Crippen LogP contribution in [0.4, 0.5) is 10.7 Å². The minimum absolute atomic E-state index is 0.0980. The van der Waals surface area contributed by atoms with Crippen molar-refractivity contribution in [2.45, 2.75) is 38.6 Å². The summed E-state index contributed by atoms with van der Waals surface area (Å²) in [6.45, 7) is 2.74. The molecule has 2 heterocycles. The van der Waals surface area contributed by atoms with E-state index in [2.05, 4.69) is 22.3 Å². The van der Waals surface area contributed by atoms with E-state index < -0.39 is 5.91 Å². The number of anilines is 2. The molecule has 6 heteroatoms. The zero-order chi connectivity index (χ0) is 17.6. The number of benzene rings is 1. The van der Waals surface area contributed by atoms with Gasteiger partial charge in [0.15, 0.2) is 0 Å². The molecule has 1 aromatic heterocycles. The van der Waals surface area contributed by atoms with Crippen LogP contribution < -0.4 is 16.0 Å². The minimum Gasteiger partial charge on any atom is -0.365 e. The van der Waals surface area contributed by atoms with Gasteiger partial charge in [0.2, 0.25) is 5.91 Å². The Morgan fingerprint density at radius 3 is 2.84 bits per heavy atom. The van der Waals surface area contributed by atoms with E-state index >= 15 is 0 Å². The lowest BCUT2D eigenvalue weighted by Crippen LogP contribution is -2.41. The molecule has 0 spiro atoms. The van der Waals surface area contributed by atoms with Gasteiger partial charge in [-0.25, -0.2) is 0 Å². The van der Waals surface area contributed by atoms with Gasteiger partial charge in [0, 0.05) is 17.1 Å². The SMILES string of the molecule is CC(C(=O)Nc1sc2c(c1C(N)=O)CCC2)N1CCc2ccccc21. The molecule has 2 aliphatic rings. The van der Waals surface area contributed by atoms with Crippen LogP contribution in [0.1, 0.15) is 39.7 Å². The van der Waals surface area contributed by atoms with Crippen molar-refractivity contribution in [3.8, 4) is 0 Å². The summed E-state index contributed by atoms with van der Waals surface area (Å²) in [5.74, 6) is -0.548. The standard InChI is InChI=1S/C19H21N3O2S/c1-11(22-10-9-12-5-2-3-7-14(12)22)18(24)21-19-16(17(20)23)13-6-4-8-15(13)25-19/h2-3,5,7,11H,4,6,8-10H2,1H3,(H2,20,23)(H,21,24). The van der Waals surface area contributed by atoms with Gasteiger partial charge in [-0.3, -0.25) is 9.59 Å². The van der Waals surface area contributed by atoms with Crippen LogP contribution in [0.3, 0.4) is 0 Å². The molecule has 0 radical (unpaired) electrons. The third-order valence-electron chi connectivity index (χ3n) is 5.17. The number of para-hydroxylation sites is 1. The van der Waals surface area contributed by atoms with Gasteiger partial charge >= 0.3 is 0 Å². The largest absolute Gasteiger partial charge is 0.365 e. The molecule has 1 aliphatic carbocycles. The molecule has 2 amide bonds. The summed E-state index contributed by atoms with van der Waals surface area (Å²) in [5.41, 5.74) is 9.52. The molecule has 2 aromatic rings. The number of rotatable bonds is 4. The summed E-state index contributed by atoms with van der Waals surface area (Å²) in [5, 5.41) is 3.58. The monoisotopic (exact) mass is 355 g/mol. The number of aryl methyl sites for hydroxylation is 1. The second-order valence-corrected chi connectivity index (χ2v) is 7.77. The highest BCUT2D eigenvalue weighted by molar-refractivity contribution is 7.17. The lowest BCUT2D eigenvalue weighted by atomic mass is 10.1. The summed E-state index contributed by atoms with van der Waals surface area (Å²) in [6.07, 6.45) is 3.84. The Labute approximate surface area is 150 Å². The fraction of sp³-hybridized carbons (Fsp3) is 0.368. The van der Waals surface area contributed by atoms with Crippen molar-refractivity contribution in [2.24, 2.45) is 5.73 Å². The highest BCUT2D eigenvalue weighted by Gasteiger charge is 2.30. The number of hydrogen-bond acceptors (Lipinski definition) is 4. The summed E-state index contributed by atoms with van der Waals surface area (Å²) < 4.78 is 0. The summed E-state index contributed by atoms with van der Waals surface area (Å²) in [4.78, 5) is 28.0. The van der Waals surface area contributed by atoms with Gasteiger partial charge in [0.1, 0.15) is 11.0 Å². The average molecular weight is 355 g/mol. The molecule has 1 atom stereocenters. The predicted octanol–water partition coefficient (Wildman–Crippen LogP) is 2.73. The van der Waals surface area contributed by atoms with Gasteiger partial charge in [0.25, 0.3) is 5.91 Å². The number of amides is 2. The van der Waals surface area contributed by atoms with Crippen LogP contribution in [-0.4, -0.2) is 24.4 Å². The molecule has 25 heavy (non-hydrogen) atoms. The van der Waals surface area contributed by atoms with Gasteiger partial charge in [-0.15, -0.1) is 11.3 Å². The predicted molar refractivity (Wildman–Crippen MR) is 100 cm³/mol. The Morgan fingerprint density at radius 1 is 1.24 bits per heavy atom. The first-order chi connectivity index (χ1) is 12.1. The third-order valence-corrected chi connectivity index (χ3v) is 6.38. The van der Waals surface area contributed by atoms with Crippen LogP contribution in [0.5, 0.6) is 0 Å². The van der Waals surface area contributed by atoms with Crippen LogP contribution in [0.2, 0.25) is 0 Å². The molecule has 0 fully saturated rings. The van der Waals surface area contributed by atoms with Crippen LogP contribution in [0.25, 0.3) is 0 Å². The number of carbonyl (C=O) groups excluding carboxylic acids is 2. The van der Waals surface area contributed by atoms with E-state index in [0.717, 1.165) is 43.5 Å². The second-order valence-electron chi connectivity index (χ2n) is 6.66. The van der Waals surface area contributed by atoms with Crippen molar-refractivity contribution in [2.75, 3.05) is 16.8 Å². The lowest BCUT2D eigenvalue weighted by Gasteiger charge is -2.26. The topological polar surface area (TPSA) is 75.4 Å². The van der Waals surface area contributed by atoms with Crippen molar-refractivity contribution in [1.29, 1.82) is 0 Å². The van der Waals surface area contributed by atoms with E-state index in [9.17, 15) is 9.59 Å². The van der Waals surface area contributed by atoms with E-state index in [1.807, 2.05) is 19.1 Å². The number of nitrogens with one attached hydrogen (secondary N) is 1.